The molecule has 0 unspecified atom stereocenters. The Labute approximate surface area is 126 Å². The molecule has 1 aliphatic rings. The quantitative estimate of drug-likeness (QED) is 0.938. The van der Waals surface area contributed by atoms with Crippen molar-refractivity contribution in [2.24, 2.45) is 0 Å². The monoisotopic (exact) mass is 307 g/mol. The molecule has 0 aliphatic carbocycles. The third-order valence-corrected chi connectivity index (χ3v) is 4.31. The summed E-state index contributed by atoms with van der Waals surface area (Å²) >= 11 is 1.40. The van der Waals surface area contributed by atoms with Crippen molar-refractivity contribution in [3.63, 3.8) is 0 Å². The zero-order valence-corrected chi connectivity index (χ0v) is 12.8. The van der Waals surface area contributed by atoms with E-state index in [1.165, 1.54) is 11.3 Å². The first-order valence-corrected chi connectivity index (χ1v) is 7.72. The first kappa shape index (κ1) is 14.2. The van der Waals surface area contributed by atoms with Gasteiger partial charge in [-0.15, -0.1) is 11.3 Å². The normalized spacial score (nSPS) is 18.9. The summed E-state index contributed by atoms with van der Waals surface area (Å²) in [6.45, 7) is 5.05. The van der Waals surface area contributed by atoms with Gasteiger partial charge in [0.1, 0.15) is 5.54 Å². The fraction of sp³-hybridized carbons (Fsp3) is 0.500. The van der Waals surface area contributed by atoms with Gasteiger partial charge < -0.3 is 14.6 Å². The van der Waals surface area contributed by atoms with Crippen molar-refractivity contribution in [1.29, 1.82) is 0 Å². The zero-order valence-electron chi connectivity index (χ0n) is 12.0. The molecule has 3 heterocycles. The molecule has 0 bridgehead atoms. The number of nitrogens with zero attached hydrogens (tertiary/aromatic N) is 2. The highest BCUT2D eigenvalue weighted by atomic mass is 32.1. The van der Waals surface area contributed by atoms with Gasteiger partial charge in [-0.25, -0.2) is 0 Å². The Balaban J connectivity index is 1.73. The standard InChI is InChI=1S/C14H17N3O3S/c1-14(2,16-12(18)10-4-3-7-21-10)13-15-11(17-20-13)9-5-6-19-8-9/h3-4,7,9H,5-6,8H2,1-2H3,(H,16,18)/t9-/m0/s1. The van der Waals surface area contributed by atoms with E-state index < -0.39 is 5.54 Å². The SMILES string of the molecule is CC(C)(NC(=O)c1cccs1)c1nc([C@H]2CCOC2)no1. The number of rotatable bonds is 4. The molecule has 0 saturated carbocycles. The van der Waals surface area contributed by atoms with Gasteiger partial charge in [-0.3, -0.25) is 4.79 Å². The summed E-state index contributed by atoms with van der Waals surface area (Å²) in [5, 5.41) is 8.81. The van der Waals surface area contributed by atoms with E-state index in [0.717, 1.165) is 13.0 Å². The largest absolute Gasteiger partial charge is 0.381 e. The highest BCUT2D eigenvalue weighted by molar-refractivity contribution is 7.12. The topological polar surface area (TPSA) is 77.2 Å². The number of thiophene rings is 1. The Bertz CT molecular complexity index is 615. The molecule has 0 radical (unpaired) electrons. The number of ether oxygens (including phenoxy) is 1. The van der Waals surface area contributed by atoms with Crippen LogP contribution in [0.5, 0.6) is 0 Å². The Morgan fingerprint density at radius 1 is 1.52 bits per heavy atom. The van der Waals surface area contributed by atoms with Crippen molar-refractivity contribution >= 4 is 17.2 Å². The molecule has 0 spiro atoms. The summed E-state index contributed by atoms with van der Waals surface area (Å²) in [6.07, 6.45) is 0.904. The van der Waals surface area contributed by atoms with Gasteiger partial charge in [0.2, 0.25) is 0 Å². The molecule has 3 rings (SSSR count). The molecule has 7 heteroatoms. The van der Waals surface area contributed by atoms with Crippen LogP contribution in [0.1, 0.15) is 47.6 Å². The minimum absolute atomic E-state index is 0.140. The van der Waals surface area contributed by atoms with Gasteiger partial charge in [0.05, 0.1) is 11.5 Å². The Hall–Kier alpha value is -1.73. The van der Waals surface area contributed by atoms with Crippen molar-refractivity contribution in [3.8, 4) is 0 Å². The Kier molecular flexibility index (Phi) is 3.77. The van der Waals surface area contributed by atoms with E-state index in [0.29, 0.717) is 23.2 Å². The van der Waals surface area contributed by atoms with Crippen molar-refractivity contribution in [1.82, 2.24) is 15.5 Å². The second-order valence-electron chi connectivity index (χ2n) is 5.57. The van der Waals surface area contributed by atoms with Crippen molar-refractivity contribution in [2.45, 2.75) is 31.7 Å². The molecule has 21 heavy (non-hydrogen) atoms. The van der Waals surface area contributed by atoms with Crippen LogP contribution in [0.15, 0.2) is 22.0 Å². The minimum atomic E-state index is -0.716. The molecule has 1 amide bonds. The number of nitrogens with one attached hydrogen (secondary N) is 1. The van der Waals surface area contributed by atoms with Crippen LogP contribution in [-0.2, 0) is 10.3 Å². The van der Waals surface area contributed by atoms with Gasteiger partial charge in [-0.05, 0) is 31.7 Å². The van der Waals surface area contributed by atoms with Crippen LogP contribution in [0.4, 0.5) is 0 Å². The highest BCUT2D eigenvalue weighted by Crippen LogP contribution is 2.26. The lowest BCUT2D eigenvalue weighted by molar-refractivity contribution is 0.0899. The number of amides is 1. The number of carbonyl (C=O) groups excluding carboxylic acids is 1. The molecule has 6 nitrogen and oxygen atoms in total. The number of hydrogen-bond donors (Lipinski definition) is 1. The van der Waals surface area contributed by atoms with E-state index in [1.807, 2.05) is 25.3 Å². The maximum absolute atomic E-state index is 12.1. The van der Waals surface area contributed by atoms with E-state index in [1.54, 1.807) is 6.07 Å². The molecule has 1 atom stereocenters. The lowest BCUT2D eigenvalue weighted by atomic mass is 10.1. The molecule has 1 aliphatic heterocycles. The van der Waals surface area contributed by atoms with Crippen molar-refractivity contribution in [2.75, 3.05) is 13.2 Å². The maximum atomic E-state index is 12.1. The van der Waals surface area contributed by atoms with Gasteiger partial charge >= 0.3 is 0 Å². The van der Waals surface area contributed by atoms with Gasteiger partial charge in [-0.1, -0.05) is 11.2 Å². The number of aromatic nitrogens is 2. The van der Waals surface area contributed by atoms with E-state index in [4.69, 9.17) is 9.26 Å². The van der Waals surface area contributed by atoms with Crippen LogP contribution in [0.3, 0.4) is 0 Å². The van der Waals surface area contributed by atoms with Crippen LogP contribution in [0.2, 0.25) is 0 Å². The second kappa shape index (κ2) is 5.57. The summed E-state index contributed by atoms with van der Waals surface area (Å²) < 4.78 is 10.7. The molecular weight excluding hydrogens is 290 g/mol. The highest BCUT2D eigenvalue weighted by Gasteiger charge is 2.32. The van der Waals surface area contributed by atoms with Crippen LogP contribution in [0.25, 0.3) is 0 Å². The summed E-state index contributed by atoms with van der Waals surface area (Å²) in [4.78, 5) is 17.2. The Morgan fingerprint density at radius 3 is 3.05 bits per heavy atom. The van der Waals surface area contributed by atoms with Gasteiger partial charge in [0, 0.05) is 12.5 Å². The minimum Gasteiger partial charge on any atom is -0.381 e. The second-order valence-corrected chi connectivity index (χ2v) is 6.52. The van der Waals surface area contributed by atoms with Gasteiger partial charge in [0.25, 0.3) is 11.8 Å². The van der Waals surface area contributed by atoms with E-state index >= 15 is 0 Å². The molecule has 112 valence electrons. The van der Waals surface area contributed by atoms with E-state index in [2.05, 4.69) is 15.5 Å². The number of carbonyl (C=O) groups is 1. The lowest BCUT2D eigenvalue weighted by Gasteiger charge is -2.21. The van der Waals surface area contributed by atoms with E-state index in [-0.39, 0.29) is 11.8 Å². The number of hydrogen-bond acceptors (Lipinski definition) is 6. The first-order chi connectivity index (χ1) is 10.1. The third kappa shape index (κ3) is 2.98. The van der Waals surface area contributed by atoms with Crippen molar-refractivity contribution < 1.29 is 14.1 Å². The lowest BCUT2D eigenvalue weighted by Crippen LogP contribution is -2.41. The molecule has 1 N–H and O–H groups in total. The molecule has 1 saturated heterocycles. The van der Waals surface area contributed by atoms with Crippen LogP contribution in [0, 0.1) is 0 Å². The third-order valence-electron chi connectivity index (χ3n) is 3.44. The average molecular weight is 307 g/mol. The molecule has 2 aromatic rings. The molecule has 1 fully saturated rings. The average Bonchev–Trinajstić information content (AvgIpc) is 3.19. The van der Waals surface area contributed by atoms with Gasteiger partial charge in [-0.2, -0.15) is 4.98 Å². The molecule has 0 aromatic carbocycles. The summed E-state index contributed by atoms with van der Waals surface area (Å²) in [5.74, 6) is 1.11. The Morgan fingerprint density at radius 2 is 2.38 bits per heavy atom. The summed E-state index contributed by atoms with van der Waals surface area (Å²) in [5.41, 5.74) is -0.716. The summed E-state index contributed by atoms with van der Waals surface area (Å²) in [7, 11) is 0. The zero-order chi connectivity index (χ0) is 14.9. The molecule has 2 aromatic heterocycles. The molecular formula is C14H17N3O3S. The predicted octanol–water partition coefficient (Wildman–Crippen LogP) is 2.30. The van der Waals surface area contributed by atoms with Crippen molar-refractivity contribution in [3.05, 3.63) is 34.1 Å². The fourth-order valence-electron chi connectivity index (χ4n) is 2.20. The predicted molar refractivity (Wildman–Crippen MR) is 77.3 cm³/mol. The van der Waals surface area contributed by atoms with Gasteiger partial charge in [0.15, 0.2) is 5.82 Å². The summed E-state index contributed by atoms with van der Waals surface area (Å²) in [6, 6.07) is 3.63. The van der Waals surface area contributed by atoms with Crippen LogP contribution in [-0.4, -0.2) is 29.3 Å². The fourth-order valence-corrected chi connectivity index (χ4v) is 2.82. The maximum Gasteiger partial charge on any atom is 0.262 e. The first-order valence-electron chi connectivity index (χ1n) is 6.84. The van der Waals surface area contributed by atoms with Crippen LogP contribution < -0.4 is 5.32 Å². The van der Waals surface area contributed by atoms with E-state index in [9.17, 15) is 4.79 Å². The van der Waals surface area contributed by atoms with Crippen LogP contribution >= 0.6 is 11.3 Å². The smallest absolute Gasteiger partial charge is 0.262 e.